The van der Waals surface area contributed by atoms with E-state index in [-0.39, 0.29) is 24.1 Å². The van der Waals surface area contributed by atoms with Crippen LogP contribution in [0.4, 0.5) is 0 Å². The van der Waals surface area contributed by atoms with E-state index in [1.54, 1.807) is 0 Å². The van der Waals surface area contributed by atoms with Gasteiger partial charge in [-0.3, -0.25) is 14.7 Å². The standard InChI is InChI=1S/C23H36N4O3/c1-17-14-26(15-18(2)30-17)16-21-8-6-5-7-20(21)13-25-23(24-3)27-11-9-19(10-12-27)22(28)29-4/h5-8,17-19H,9-16H2,1-4H3,(H,24,25). The minimum Gasteiger partial charge on any atom is -0.469 e. The van der Waals surface area contributed by atoms with E-state index >= 15 is 0 Å². The van der Waals surface area contributed by atoms with E-state index in [9.17, 15) is 4.79 Å². The van der Waals surface area contributed by atoms with Gasteiger partial charge >= 0.3 is 5.97 Å². The number of hydrogen-bond donors (Lipinski definition) is 1. The third kappa shape index (κ3) is 5.95. The number of piperidine rings is 1. The van der Waals surface area contributed by atoms with Gasteiger partial charge in [0.2, 0.25) is 0 Å². The van der Waals surface area contributed by atoms with Crippen molar-refractivity contribution in [1.29, 1.82) is 0 Å². The first kappa shape index (κ1) is 22.6. The van der Waals surface area contributed by atoms with Gasteiger partial charge in [-0.1, -0.05) is 24.3 Å². The number of hydrogen-bond acceptors (Lipinski definition) is 5. The Morgan fingerprint density at radius 2 is 1.80 bits per heavy atom. The molecule has 7 nitrogen and oxygen atoms in total. The Hall–Kier alpha value is -2.12. The monoisotopic (exact) mass is 416 g/mol. The molecule has 2 atom stereocenters. The molecule has 0 radical (unpaired) electrons. The van der Waals surface area contributed by atoms with Gasteiger partial charge in [-0.2, -0.15) is 0 Å². The second-order valence-corrected chi connectivity index (χ2v) is 8.41. The van der Waals surface area contributed by atoms with Crippen molar-refractivity contribution in [3.8, 4) is 0 Å². The van der Waals surface area contributed by atoms with Gasteiger partial charge in [0, 0.05) is 46.3 Å². The zero-order valence-electron chi connectivity index (χ0n) is 18.8. The molecule has 2 aliphatic rings. The quantitative estimate of drug-likeness (QED) is 0.451. The summed E-state index contributed by atoms with van der Waals surface area (Å²) < 4.78 is 10.8. The van der Waals surface area contributed by atoms with Gasteiger partial charge < -0.3 is 19.7 Å². The molecule has 0 bridgehead atoms. The Morgan fingerprint density at radius 3 is 2.40 bits per heavy atom. The molecular weight excluding hydrogens is 380 g/mol. The molecule has 2 aliphatic heterocycles. The molecule has 1 N–H and O–H groups in total. The predicted octanol–water partition coefficient (Wildman–Crippen LogP) is 2.26. The van der Waals surface area contributed by atoms with Crippen molar-refractivity contribution in [2.45, 2.75) is 52.0 Å². The van der Waals surface area contributed by atoms with Gasteiger partial charge in [-0.05, 0) is 37.8 Å². The maximum atomic E-state index is 11.8. The van der Waals surface area contributed by atoms with E-state index in [0.29, 0.717) is 0 Å². The van der Waals surface area contributed by atoms with Crippen LogP contribution in [0.3, 0.4) is 0 Å². The normalized spacial score (nSPS) is 24.0. The van der Waals surface area contributed by atoms with Crippen LogP contribution < -0.4 is 5.32 Å². The van der Waals surface area contributed by atoms with Crippen LogP contribution in [0.2, 0.25) is 0 Å². The van der Waals surface area contributed by atoms with Crippen molar-refractivity contribution in [2.24, 2.45) is 10.9 Å². The first-order chi connectivity index (χ1) is 14.5. The fourth-order valence-corrected chi connectivity index (χ4v) is 4.54. The Bertz CT molecular complexity index is 721. The maximum absolute atomic E-state index is 11.8. The number of nitrogens with one attached hydrogen (secondary N) is 1. The number of methoxy groups -OCH3 is 1. The molecule has 1 aromatic carbocycles. The molecule has 2 unspecified atom stereocenters. The van der Waals surface area contributed by atoms with E-state index in [1.165, 1.54) is 18.2 Å². The number of nitrogens with zero attached hydrogens (tertiary/aromatic N) is 3. The van der Waals surface area contributed by atoms with Crippen LogP contribution in [-0.2, 0) is 27.4 Å². The molecule has 30 heavy (non-hydrogen) atoms. The zero-order valence-corrected chi connectivity index (χ0v) is 18.8. The molecule has 0 saturated carbocycles. The summed E-state index contributed by atoms with van der Waals surface area (Å²) in [5, 5.41) is 3.53. The third-order valence-corrected chi connectivity index (χ3v) is 5.99. The van der Waals surface area contributed by atoms with Crippen molar-refractivity contribution in [2.75, 3.05) is 40.3 Å². The van der Waals surface area contributed by atoms with Gasteiger partial charge in [0.25, 0.3) is 0 Å². The highest BCUT2D eigenvalue weighted by Crippen LogP contribution is 2.19. The molecule has 2 saturated heterocycles. The van der Waals surface area contributed by atoms with Crippen molar-refractivity contribution < 1.29 is 14.3 Å². The fraction of sp³-hybridized carbons (Fsp3) is 0.652. The highest BCUT2D eigenvalue weighted by Gasteiger charge is 2.27. The van der Waals surface area contributed by atoms with E-state index in [4.69, 9.17) is 9.47 Å². The van der Waals surface area contributed by atoms with E-state index < -0.39 is 0 Å². The highest BCUT2D eigenvalue weighted by atomic mass is 16.5. The lowest BCUT2D eigenvalue weighted by Crippen LogP contribution is -2.46. The first-order valence-electron chi connectivity index (χ1n) is 11.0. The van der Waals surface area contributed by atoms with Crippen LogP contribution >= 0.6 is 0 Å². The number of morpholine rings is 1. The van der Waals surface area contributed by atoms with Crippen molar-refractivity contribution >= 4 is 11.9 Å². The number of likely N-dealkylation sites (tertiary alicyclic amines) is 1. The average Bonchev–Trinajstić information content (AvgIpc) is 2.74. The molecule has 2 fully saturated rings. The lowest BCUT2D eigenvalue weighted by Gasteiger charge is -2.35. The molecule has 0 aromatic heterocycles. The topological polar surface area (TPSA) is 66.4 Å². The van der Waals surface area contributed by atoms with Gasteiger partial charge in [-0.15, -0.1) is 0 Å². The number of ether oxygens (including phenoxy) is 2. The molecule has 2 heterocycles. The first-order valence-corrected chi connectivity index (χ1v) is 11.0. The third-order valence-electron chi connectivity index (χ3n) is 5.99. The smallest absolute Gasteiger partial charge is 0.308 e. The number of rotatable bonds is 5. The second kappa shape index (κ2) is 10.8. The summed E-state index contributed by atoms with van der Waals surface area (Å²) in [5.41, 5.74) is 2.63. The number of aliphatic imine (C=N–C) groups is 1. The van der Waals surface area contributed by atoms with E-state index in [1.807, 2.05) is 7.05 Å². The van der Waals surface area contributed by atoms with Crippen LogP contribution in [0.25, 0.3) is 0 Å². The van der Waals surface area contributed by atoms with Crippen LogP contribution in [0, 0.1) is 5.92 Å². The molecule has 0 aliphatic carbocycles. The largest absolute Gasteiger partial charge is 0.469 e. The van der Waals surface area contributed by atoms with Gasteiger partial charge in [-0.25, -0.2) is 0 Å². The maximum Gasteiger partial charge on any atom is 0.308 e. The average molecular weight is 417 g/mol. The minimum absolute atomic E-state index is 0.00314. The van der Waals surface area contributed by atoms with Crippen LogP contribution in [0.15, 0.2) is 29.3 Å². The fourth-order valence-electron chi connectivity index (χ4n) is 4.54. The van der Waals surface area contributed by atoms with Gasteiger partial charge in [0.1, 0.15) is 0 Å². The van der Waals surface area contributed by atoms with Crippen LogP contribution in [0.1, 0.15) is 37.8 Å². The zero-order chi connectivity index (χ0) is 21.5. The van der Waals surface area contributed by atoms with E-state index in [0.717, 1.165) is 58.1 Å². The molecular formula is C23H36N4O3. The van der Waals surface area contributed by atoms with Gasteiger partial charge in [0.05, 0.1) is 25.2 Å². The lowest BCUT2D eigenvalue weighted by atomic mass is 9.97. The molecule has 166 valence electrons. The summed E-state index contributed by atoms with van der Waals surface area (Å²) in [7, 11) is 3.28. The molecule has 0 amide bonds. The van der Waals surface area contributed by atoms with Crippen LogP contribution in [-0.4, -0.2) is 74.3 Å². The number of carbonyl (C=O) groups excluding carboxylic acids is 1. The Kier molecular flexibility index (Phi) is 8.10. The molecule has 0 spiro atoms. The van der Waals surface area contributed by atoms with Crippen LogP contribution in [0.5, 0.6) is 0 Å². The summed E-state index contributed by atoms with van der Waals surface area (Å²) in [6, 6.07) is 8.60. The SMILES string of the molecule is CN=C(NCc1ccccc1CN1CC(C)OC(C)C1)N1CCC(C(=O)OC)CC1. The number of esters is 1. The lowest BCUT2D eigenvalue weighted by molar-refractivity contribution is -0.146. The van der Waals surface area contributed by atoms with Crippen molar-refractivity contribution in [3.05, 3.63) is 35.4 Å². The molecule has 3 rings (SSSR count). The van der Waals surface area contributed by atoms with E-state index in [2.05, 4.69) is 58.2 Å². The Labute approximate surface area is 180 Å². The van der Waals surface area contributed by atoms with Crippen molar-refractivity contribution in [1.82, 2.24) is 15.1 Å². The second-order valence-electron chi connectivity index (χ2n) is 8.41. The summed E-state index contributed by atoms with van der Waals surface area (Å²) in [5.74, 6) is 0.795. The Balaban J connectivity index is 1.57. The number of benzene rings is 1. The highest BCUT2D eigenvalue weighted by molar-refractivity contribution is 5.80. The molecule has 1 aromatic rings. The predicted molar refractivity (Wildman–Crippen MR) is 118 cm³/mol. The van der Waals surface area contributed by atoms with Gasteiger partial charge in [0.15, 0.2) is 5.96 Å². The number of guanidine groups is 1. The summed E-state index contributed by atoms with van der Waals surface area (Å²) in [6.07, 6.45) is 2.14. The summed E-state index contributed by atoms with van der Waals surface area (Å²) in [6.45, 7) is 9.49. The minimum atomic E-state index is -0.0988. The summed E-state index contributed by atoms with van der Waals surface area (Å²) >= 11 is 0. The molecule has 7 heteroatoms. The number of carbonyl (C=O) groups is 1. The summed E-state index contributed by atoms with van der Waals surface area (Å²) in [4.78, 5) is 20.9. The Morgan fingerprint density at radius 1 is 1.17 bits per heavy atom. The van der Waals surface area contributed by atoms with Crippen molar-refractivity contribution in [3.63, 3.8) is 0 Å².